The molecule has 0 aliphatic heterocycles. The molecule has 2 aromatic carbocycles. The lowest BCUT2D eigenvalue weighted by molar-refractivity contribution is -0.147. The Morgan fingerprint density at radius 1 is 1.06 bits per heavy atom. The number of benzene rings is 2. The van der Waals surface area contributed by atoms with Gasteiger partial charge in [0.25, 0.3) is 0 Å². The highest BCUT2D eigenvalue weighted by molar-refractivity contribution is 5.86. The number of aliphatic carboxylic acids is 1. The van der Waals surface area contributed by atoms with E-state index >= 15 is 0 Å². The molecule has 2 amide bonds. The minimum atomic E-state index is -1.59. The Labute approximate surface area is 201 Å². The van der Waals surface area contributed by atoms with Crippen molar-refractivity contribution in [3.05, 3.63) is 77.9 Å². The first-order valence-electron chi connectivity index (χ1n) is 11.2. The van der Waals surface area contributed by atoms with E-state index in [0.29, 0.717) is 5.69 Å². The maximum absolute atomic E-state index is 12.7. The fourth-order valence-electron chi connectivity index (χ4n) is 4.19. The molecule has 0 radical (unpaired) electrons. The number of aromatic amines is 1. The number of fused-ring (bicyclic) bond motifs is 3. The van der Waals surface area contributed by atoms with E-state index in [2.05, 4.69) is 20.6 Å². The lowest BCUT2D eigenvalue weighted by Crippen LogP contribution is -2.49. The topological polar surface area (TPSA) is 154 Å². The number of nitrogens with zero attached hydrogens (tertiary/aromatic N) is 1. The van der Waals surface area contributed by atoms with E-state index in [1.165, 1.54) is 12.5 Å². The number of amides is 2. The summed E-state index contributed by atoms with van der Waals surface area (Å²) in [6.45, 7) is 0.0290. The van der Waals surface area contributed by atoms with Crippen molar-refractivity contribution in [1.29, 1.82) is 0 Å². The number of aliphatic hydroxyl groups is 1. The first-order valence-corrected chi connectivity index (χ1v) is 11.2. The number of aliphatic hydroxyl groups excluding tert-OH is 1. The smallest absolute Gasteiger partial charge is 0.407 e. The van der Waals surface area contributed by atoms with Crippen molar-refractivity contribution in [2.24, 2.45) is 0 Å². The van der Waals surface area contributed by atoms with Gasteiger partial charge in [-0.3, -0.25) is 4.79 Å². The number of carboxylic acids is 1. The molecule has 10 nitrogen and oxygen atoms in total. The van der Waals surface area contributed by atoms with Gasteiger partial charge in [0.05, 0.1) is 6.33 Å². The van der Waals surface area contributed by atoms with Gasteiger partial charge in [-0.05, 0) is 22.3 Å². The van der Waals surface area contributed by atoms with Crippen molar-refractivity contribution in [1.82, 2.24) is 20.6 Å². The number of carbonyl (C=O) groups is 3. The van der Waals surface area contributed by atoms with Gasteiger partial charge in [-0.1, -0.05) is 48.5 Å². The standard InChI is InChI=1S/C25H26N4O6/c30-22(24(32)33)9-10-27-23(31)21(11-15-12-26-14-28-15)29-25(34)35-13-20-18-7-3-1-5-16(18)17-6-2-4-8-19(17)20/h1-8,12,14,20-22,30H,9-11,13H2,(H,26,28)(H,27,31)(H,29,34)(H,32,33)/t21-,22-/m0/s1. The van der Waals surface area contributed by atoms with Crippen LogP contribution in [0.15, 0.2) is 61.1 Å². The number of ether oxygens (including phenoxy) is 1. The van der Waals surface area contributed by atoms with Gasteiger partial charge in [-0.25, -0.2) is 14.6 Å². The Bertz CT molecular complexity index is 1150. The SMILES string of the molecule is O=C(N[C@@H](Cc1cnc[nH]1)C(=O)NCC[C@H](O)C(=O)O)OCC1c2ccccc2-c2ccccc21. The van der Waals surface area contributed by atoms with E-state index < -0.39 is 30.1 Å². The first kappa shape index (κ1) is 24.0. The molecule has 182 valence electrons. The number of aromatic nitrogens is 2. The van der Waals surface area contributed by atoms with E-state index in [4.69, 9.17) is 9.84 Å². The first-order chi connectivity index (χ1) is 16.9. The second-order valence-electron chi connectivity index (χ2n) is 8.24. The van der Waals surface area contributed by atoms with Crippen LogP contribution < -0.4 is 10.6 Å². The van der Waals surface area contributed by atoms with E-state index in [9.17, 15) is 19.5 Å². The average molecular weight is 479 g/mol. The zero-order valence-electron chi connectivity index (χ0n) is 18.8. The van der Waals surface area contributed by atoms with E-state index in [-0.39, 0.29) is 31.9 Å². The summed E-state index contributed by atoms with van der Waals surface area (Å²) in [5.41, 5.74) is 4.99. The maximum atomic E-state index is 12.7. The molecule has 3 aromatic rings. The van der Waals surface area contributed by atoms with Crippen LogP contribution in [-0.4, -0.2) is 63.4 Å². The van der Waals surface area contributed by atoms with Crippen molar-refractivity contribution < 1.29 is 29.3 Å². The molecule has 35 heavy (non-hydrogen) atoms. The fourth-order valence-corrected chi connectivity index (χ4v) is 4.19. The largest absolute Gasteiger partial charge is 0.479 e. The quantitative estimate of drug-likeness (QED) is 0.298. The lowest BCUT2D eigenvalue weighted by atomic mass is 9.98. The second kappa shape index (κ2) is 10.8. The number of carbonyl (C=O) groups excluding carboxylic acids is 2. The number of H-pyrrole nitrogens is 1. The van der Waals surface area contributed by atoms with Crippen molar-refractivity contribution in [3.8, 4) is 11.1 Å². The monoisotopic (exact) mass is 478 g/mol. The highest BCUT2D eigenvalue weighted by Gasteiger charge is 2.30. The van der Waals surface area contributed by atoms with Crippen LogP contribution in [0.5, 0.6) is 0 Å². The van der Waals surface area contributed by atoms with Gasteiger partial charge < -0.3 is 30.6 Å². The summed E-state index contributed by atoms with van der Waals surface area (Å²) in [6.07, 6.45) is 0.614. The third-order valence-electron chi connectivity index (χ3n) is 5.93. The molecule has 10 heteroatoms. The molecule has 4 rings (SSSR count). The maximum Gasteiger partial charge on any atom is 0.407 e. The molecule has 0 bridgehead atoms. The van der Waals surface area contributed by atoms with Crippen LogP contribution >= 0.6 is 0 Å². The third-order valence-corrected chi connectivity index (χ3v) is 5.93. The van der Waals surface area contributed by atoms with Crippen LogP contribution in [0.1, 0.15) is 29.2 Å². The van der Waals surface area contributed by atoms with Crippen molar-refractivity contribution in [2.75, 3.05) is 13.2 Å². The number of hydrogen-bond acceptors (Lipinski definition) is 6. The van der Waals surface area contributed by atoms with Gasteiger partial charge in [0.1, 0.15) is 12.6 Å². The molecular formula is C25H26N4O6. The number of carboxylic acid groups (broad SMARTS) is 1. The molecule has 0 spiro atoms. The highest BCUT2D eigenvalue weighted by atomic mass is 16.5. The average Bonchev–Trinajstić information content (AvgIpc) is 3.48. The zero-order valence-corrected chi connectivity index (χ0v) is 18.8. The van der Waals surface area contributed by atoms with Crippen LogP contribution in [0.2, 0.25) is 0 Å². The predicted molar refractivity (Wildman–Crippen MR) is 126 cm³/mol. The molecule has 1 heterocycles. The van der Waals surface area contributed by atoms with Gasteiger partial charge in [-0.15, -0.1) is 0 Å². The number of imidazole rings is 1. The molecule has 0 unspecified atom stereocenters. The lowest BCUT2D eigenvalue weighted by Gasteiger charge is -2.19. The van der Waals surface area contributed by atoms with Crippen LogP contribution in [0.25, 0.3) is 11.1 Å². The summed E-state index contributed by atoms with van der Waals surface area (Å²) in [6, 6.07) is 15.0. The van der Waals surface area contributed by atoms with E-state index in [1.807, 2.05) is 48.5 Å². The highest BCUT2D eigenvalue weighted by Crippen LogP contribution is 2.44. The molecule has 0 saturated heterocycles. The van der Waals surface area contributed by atoms with E-state index in [1.54, 1.807) is 0 Å². The van der Waals surface area contributed by atoms with Gasteiger partial charge in [0.15, 0.2) is 6.10 Å². The molecule has 2 atom stereocenters. The molecule has 0 fully saturated rings. The Kier molecular flexibility index (Phi) is 7.41. The van der Waals surface area contributed by atoms with Crippen LogP contribution in [0, 0.1) is 0 Å². The van der Waals surface area contributed by atoms with Crippen LogP contribution in [0.4, 0.5) is 4.79 Å². The Morgan fingerprint density at radius 3 is 2.31 bits per heavy atom. The molecule has 1 aromatic heterocycles. The Morgan fingerprint density at radius 2 is 1.71 bits per heavy atom. The van der Waals surface area contributed by atoms with Gasteiger partial charge in [0.2, 0.25) is 5.91 Å². The summed E-state index contributed by atoms with van der Waals surface area (Å²) in [5.74, 6) is -2.03. The minimum absolute atomic E-state index is 0.0713. The normalized spacial score (nSPS) is 13.9. The second-order valence-corrected chi connectivity index (χ2v) is 8.24. The van der Waals surface area contributed by atoms with Gasteiger partial charge >= 0.3 is 12.1 Å². The van der Waals surface area contributed by atoms with Crippen molar-refractivity contribution >= 4 is 18.0 Å². The molecule has 1 aliphatic carbocycles. The molecule has 1 aliphatic rings. The molecule has 5 N–H and O–H groups in total. The van der Waals surface area contributed by atoms with Crippen molar-refractivity contribution in [3.63, 3.8) is 0 Å². The number of hydrogen-bond donors (Lipinski definition) is 5. The number of nitrogens with one attached hydrogen (secondary N) is 3. The van der Waals surface area contributed by atoms with E-state index in [0.717, 1.165) is 22.3 Å². The minimum Gasteiger partial charge on any atom is -0.479 e. The molecular weight excluding hydrogens is 452 g/mol. The molecule has 0 saturated carbocycles. The Balaban J connectivity index is 1.39. The summed E-state index contributed by atoms with van der Waals surface area (Å²) in [7, 11) is 0. The fraction of sp³-hybridized carbons (Fsp3) is 0.280. The van der Waals surface area contributed by atoms with Gasteiger partial charge in [-0.2, -0.15) is 0 Å². The Hall–Kier alpha value is -4.18. The number of alkyl carbamates (subject to hydrolysis) is 1. The zero-order chi connectivity index (χ0) is 24.8. The number of rotatable bonds is 10. The summed E-state index contributed by atoms with van der Waals surface area (Å²) >= 11 is 0. The van der Waals surface area contributed by atoms with Gasteiger partial charge in [0, 0.05) is 37.2 Å². The summed E-state index contributed by atoms with van der Waals surface area (Å²) in [4.78, 5) is 42.9. The summed E-state index contributed by atoms with van der Waals surface area (Å²) in [5, 5.41) is 23.3. The van der Waals surface area contributed by atoms with Crippen LogP contribution in [-0.2, 0) is 20.7 Å². The predicted octanol–water partition coefficient (Wildman–Crippen LogP) is 1.81. The third kappa shape index (κ3) is 5.67. The van der Waals surface area contributed by atoms with Crippen LogP contribution in [0.3, 0.4) is 0 Å². The summed E-state index contributed by atoms with van der Waals surface area (Å²) < 4.78 is 5.54. The van der Waals surface area contributed by atoms with Crippen molar-refractivity contribution in [2.45, 2.75) is 30.9 Å².